The van der Waals surface area contributed by atoms with Crippen LogP contribution < -0.4 is 32.9 Å². The van der Waals surface area contributed by atoms with Crippen LogP contribution in [0.5, 0.6) is 0 Å². The number of aliphatic hydroxyl groups excluding tert-OH is 1. The molecule has 5 aliphatic heterocycles. The second-order valence-corrected chi connectivity index (χ2v) is 30.4. The van der Waals surface area contributed by atoms with Crippen LogP contribution in [0.4, 0.5) is 23.3 Å². The number of pyridine rings is 4. The number of imidazole rings is 4. The van der Waals surface area contributed by atoms with Crippen molar-refractivity contribution in [3.8, 4) is 33.8 Å². The van der Waals surface area contributed by atoms with Gasteiger partial charge in [-0.3, -0.25) is 4.90 Å². The number of aryl methyl sites for hydroxylation is 4. The lowest BCUT2D eigenvalue weighted by atomic mass is 9.79. The summed E-state index contributed by atoms with van der Waals surface area (Å²) in [7, 11) is 7.65. The smallest absolute Gasteiger partial charge is 0.399 e. The number of aromatic nitrogens is 12. The van der Waals surface area contributed by atoms with E-state index in [1.807, 2.05) is 169 Å². The zero-order valence-corrected chi connectivity index (χ0v) is 67.1. The van der Waals surface area contributed by atoms with E-state index in [0.717, 1.165) is 157 Å². The molecule has 8 N–H and O–H groups in total. The first kappa shape index (κ1) is 81.2. The number of nitrogens with two attached hydrogens (primary N) is 2. The molecule has 112 heavy (non-hydrogen) atoms. The van der Waals surface area contributed by atoms with E-state index in [2.05, 4.69) is 194 Å². The van der Waals surface area contributed by atoms with E-state index in [0.29, 0.717) is 36.9 Å². The van der Waals surface area contributed by atoms with Crippen molar-refractivity contribution in [3.05, 3.63) is 246 Å². The van der Waals surface area contributed by atoms with Crippen LogP contribution in [0.1, 0.15) is 57.4 Å². The first-order valence-electron chi connectivity index (χ1n) is 37.3. The van der Waals surface area contributed by atoms with Gasteiger partial charge in [-0.15, -0.1) is 0 Å². The average Bonchev–Trinajstić information content (AvgIpc) is 1.61. The molecule has 0 bridgehead atoms. The Labute approximate surface area is 672 Å². The van der Waals surface area contributed by atoms with Gasteiger partial charge in [0.2, 0.25) is 0 Å². The molecule has 580 valence electrons. The highest BCUT2D eigenvalue weighted by molar-refractivity contribution is 9.10. The van der Waals surface area contributed by atoms with Gasteiger partial charge in [-0.25, -0.2) is 39.9 Å². The molecule has 19 rings (SSSR count). The molecule has 0 spiro atoms. The fourth-order valence-electron chi connectivity index (χ4n) is 12.8. The molecule has 0 radical (unpaired) electrons. The molecule has 13 heterocycles. The third-order valence-corrected chi connectivity index (χ3v) is 21.2. The number of nitrogens with one attached hydrogen (secondary N) is 3. The largest absolute Gasteiger partial charge is 0.494 e. The Bertz CT molecular complexity index is 5390. The van der Waals surface area contributed by atoms with Gasteiger partial charge in [-0.1, -0.05) is 120 Å². The van der Waals surface area contributed by atoms with E-state index >= 15 is 0 Å². The number of benzene rings is 6. The second kappa shape index (κ2) is 37.4. The van der Waals surface area contributed by atoms with Crippen LogP contribution in [0.2, 0.25) is 0 Å². The Kier molecular flexibility index (Phi) is 27.1. The molecule has 3 unspecified atom stereocenters. The summed E-state index contributed by atoms with van der Waals surface area (Å²) >= 11 is 6.42. The third-order valence-electron chi connectivity index (χ3n) is 20.0. The molecule has 26 heteroatoms. The number of aliphatic hydroxyl groups is 1. The average molecular weight is 1640 g/mol. The van der Waals surface area contributed by atoms with Crippen molar-refractivity contribution in [2.75, 3.05) is 73.4 Å². The van der Waals surface area contributed by atoms with Crippen LogP contribution in [0.25, 0.3) is 77.9 Å². The summed E-state index contributed by atoms with van der Waals surface area (Å²) < 4.78 is 30.9. The van der Waals surface area contributed by atoms with Crippen molar-refractivity contribution >= 4 is 112 Å². The zero-order valence-electron chi connectivity index (χ0n) is 63.9. The van der Waals surface area contributed by atoms with Gasteiger partial charge in [-0.2, -0.15) is 0 Å². The van der Waals surface area contributed by atoms with Gasteiger partial charge < -0.3 is 69.6 Å². The quantitative estimate of drug-likeness (QED) is 0.0271. The summed E-state index contributed by atoms with van der Waals surface area (Å²) in [5.41, 5.74) is 31.5. The molecule has 0 amide bonds. The van der Waals surface area contributed by atoms with Gasteiger partial charge in [0.25, 0.3) is 0 Å². The summed E-state index contributed by atoms with van der Waals surface area (Å²) in [4.78, 5) is 37.2. The highest BCUT2D eigenvalue weighted by Gasteiger charge is 2.51. The van der Waals surface area contributed by atoms with E-state index in [-0.39, 0.29) is 25.7 Å². The molecule has 3 saturated heterocycles. The van der Waals surface area contributed by atoms with Gasteiger partial charge in [-0.05, 0) is 188 Å². The zero-order chi connectivity index (χ0) is 77.6. The Morgan fingerprint density at radius 3 is 1.44 bits per heavy atom. The molecule has 5 aliphatic rings. The minimum absolute atomic E-state index is 0. The monoisotopic (exact) mass is 1630 g/mol. The molecular formula is C86H99BBr2N18O5. The molecule has 3 fully saturated rings. The number of rotatable bonds is 13. The molecule has 3 atom stereocenters. The number of anilines is 4. The van der Waals surface area contributed by atoms with Crippen molar-refractivity contribution in [3.63, 3.8) is 0 Å². The number of fused-ring (bicyclic) bond motifs is 6. The van der Waals surface area contributed by atoms with Crippen molar-refractivity contribution in [1.82, 2.24) is 68.4 Å². The predicted octanol–water partition coefficient (Wildman–Crippen LogP) is 14.2. The van der Waals surface area contributed by atoms with Gasteiger partial charge in [0.1, 0.15) is 27.9 Å². The molecule has 0 saturated carbocycles. The van der Waals surface area contributed by atoms with E-state index in [1.165, 1.54) is 28.7 Å². The Balaban J connectivity index is 0.000000128. The summed E-state index contributed by atoms with van der Waals surface area (Å²) in [6.07, 6.45) is 9.95. The normalized spacial score (nSPS) is 16.3. The first-order chi connectivity index (χ1) is 53.7. The second-order valence-electron chi connectivity index (χ2n) is 28.9. The van der Waals surface area contributed by atoms with Crippen LogP contribution in [0.3, 0.4) is 0 Å². The lowest BCUT2D eigenvalue weighted by Gasteiger charge is -2.32. The number of nitrogens with zero attached hydrogens (tertiary/aromatic N) is 13. The Hall–Kier alpha value is -10.3. The molecule has 8 aromatic heterocycles. The number of ether oxygens (including phenoxy) is 2. The number of β-amino-alcohol motifs (C(OH)–C–C–N with tert-alkyl or cyclic N) is 1. The standard InChI is InChI=1S/C25H27N5O.C16H16N4O.C14H19BN2O2.C13H12N4.C9H11N.C5H5BrN2.C3H5BrO.CH4/c1-29-17-27-23-10-9-19(13-24(23)29)22-7-4-8-25(28-22)26-14-21(31)16-30-12-11-18-5-2-3-6-20(18)15-30;1-20-10-18-14-6-5-11(7-15(14)20)13-3-2-4-16(19-13)17-8-12-9-21-12;1-13(2)14(3,4)19-15(18-13)10-6-7-11-12(8-10)17(5)9-16-11;1-17-8-15-11-6-5-9(7-12(11)17)10-3-2-4-13(14)16-10;1-2-4-9-7-10-6-5-8(9)3-1;6-4-2-1-3-5(7)8-4;4-1-3-2-5-3;/h2-10,13,17,21,31H,11-12,14-16H2,1H3,(H,26,28);2-7,10,12H,8-9H2,1H3,(H,17,19);6-9H,1-5H3;2-8H,1H3,(H2,14,16);1-4,10H,5-7H2;1-3H,(H2,7,8);3H,1-2H2;1H4. The maximum absolute atomic E-state index is 10.6. The van der Waals surface area contributed by atoms with Crippen LogP contribution in [-0.2, 0) is 72.9 Å². The molecular weight excluding hydrogens is 1540 g/mol. The summed E-state index contributed by atoms with van der Waals surface area (Å²) in [5, 5.41) is 21.5. The Morgan fingerprint density at radius 2 is 0.973 bits per heavy atom. The van der Waals surface area contributed by atoms with Gasteiger partial charge in [0, 0.05) is 89.5 Å². The third kappa shape index (κ3) is 21.5. The topological polar surface area (TPSA) is 278 Å². The first-order valence-corrected chi connectivity index (χ1v) is 39.2. The lowest BCUT2D eigenvalue weighted by molar-refractivity contribution is 0.00578. The van der Waals surface area contributed by atoms with Crippen molar-refractivity contribution in [1.29, 1.82) is 0 Å². The predicted molar refractivity (Wildman–Crippen MR) is 459 cm³/mol. The van der Waals surface area contributed by atoms with E-state index < -0.39 is 6.10 Å². The highest BCUT2D eigenvalue weighted by atomic mass is 79.9. The van der Waals surface area contributed by atoms with Gasteiger partial charge >= 0.3 is 7.12 Å². The van der Waals surface area contributed by atoms with Crippen LogP contribution in [0.15, 0.2) is 224 Å². The number of nitrogen functional groups attached to an aromatic ring is 2. The molecule has 14 aromatic rings. The molecule has 6 aromatic carbocycles. The van der Waals surface area contributed by atoms with Gasteiger partial charge in [0.05, 0.1) is 129 Å². The maximum atomic E-state index is 10.6. The number of halogens is 2. The minimum atomic E-state index is -0.457. The van der Waals surface area contributed by atoms with Crippen LogP contribution >= 0.6 is 31.9 Å². The number of hydrogen-bond acceptors (Lipinski definition) is 19. The van der Waals surface area contributed by atoms with Crippen molar-refractivity contribution in [2.45, 2.75) is 90.6 Å². The van der Waals surface area contributed by atoms with E-state index in [1.54, 1.807) is 18.5 Å². The number of epoxide rings is 2. The Morgan fingerprint density at radius 1 is 0.527 bits per heavy atom. The maximum Gasteiger partial charge on any atom is 0.494 e. The number of hydrogen-bond donors (Lipinski definition) is 6. The van der Waals surface area contributed by atoms with Crippen molar-refractivity contribution in [2.24, 2.45) is 28.2 Å². The minimum Gasteiger partial charge on any atom is -0.399 e. The summed E-state index contributed by atoms with van der Waals surface area (Å²) in [6, 6.07) is 64.8. The SMILES string of the molecule is BrCC1CO1.C.Cn1cnc2ccc(-c3cccc(N)n3)cc21.Cn1cnc2ccc(-c3cccc(NCC(O)CN4CCc5ccccc5C4)n3)cc21.Cn1cnc2ccc(-c3cccc(NCC4CO4)n3)cc21.Cn1cnc2ccc(B3OC(C)(C)C(C)(C)O3)cc21.Nc1cccc(Br)n1.c1ccc2c(c1)CCNC2. The fourth-order valence-corrected chi connectivity index (χ4v) is 13.6. The van der Waals surface area contributed by atoms with E-state index in [4.69, 9.17) is 35.2 Å². The summed E-state index contributed by atoms with van der Waals surface area (Å²) in [6.45, 7) is 16.1. The van der Waals surface area contributed by atoms with Gasteiger partial charge in [0.15, 0.2) is 0 Å². The number of alkyl halides is 1. The highest BCUT2D eigenvalue weighted by Crippen LogP contribution is 2.37. The van der Waals surface area contributed by atoms with Crippen LogP contribution in [0, 0.1) is 0 Å². The van der Waals surface area contributed by atoms with Crippen LogP contribution in [-0.4, -0.2) is 156 Å². The van der Waals surface area contributed by atoms with E-state index in [9.17, 15) is 5.11 Å². The summed E-state index contributed by atoms with van der Waals surface area (Å²) in [5.74, 6) is 2.73. The molecule has 23 nitrogen and oxygen atoms in total. The molecule has 0 aliphatic carbocycles. The van der Waals surface area contributed by atoms with Crippen molar-refractivity contribution < 1.29 is 23.9 Å². The lowest BCUT2D eigenvalue weighted by Crippen LogP contribution is -2.41. The fraction of sp³-hybridized carbons (Fsp3) is 0.302.